The highest BCUT2D eigenvalue weighted by Gasteiger charge is 2.31. The Labute approximate surface area is 136 Å². The number of amides is 2. The molecule has 2 N–H and O–H groups in total. The summed E-state index contributed by atoms with van der Waals surface area (Å²) >= 11 is 5.97. The Morgan fingerprint density at radius 2 is 1.61 bits per heavy atom. The van der Waals surface area contributed by atoms with Crippen molar-refractivity contribution < 1.29 is 19.5 Å². The lowest BCUT2D eigenvalue weighted by atomic mass is 10.0. The highest BCUT2D eigenvalue weighted by atomic mass is 35.5. The predicted molar refractivity (Wildman–Crippen MR) is 85.6 cm³/mol. The van der Waals surface area contributed by atoms with Crippen molar-refractivity contribution in [3.05, 3.63) is 69.2 Å². The largest absolute Gasteiger partial charge is 0.478 e. The van der Waals surface area contributed by atoms with Crippen molar-refractivity contribution in [3.8, 4) is 0 Å². The van der Waals surface area contributed by atoms with Crippen LogP contribution in [0.1, 0.15) is 42.2 Å². The standard InChI is InChI=1S/C17H10ClNO4/c18-12-8-7-10(13-14(12)16(21)19-15(13)20)4-1-9-2-5-11(6-3-9)17(22)23/h1-8H,(H,22,23)(H,19,20,21). The highest BCUT2D eigenvalue weighted by molar-refractivity contribution is 6.37. The van der Waals surface area contributed by atoms with Gasteiger partial charge < -0.3 is 5.11 Å². The van der Waals surface area contributed by atoms with Crippen LogP contribution in [-0.4, -0.2) is 22.9 Å². The molecule has 3 rings (SSSR count). The van der Waals surface area contributed by atoms with Gasteiger partial charge in [-0.2, -0.15) is 0 Å². The maximum absolute atomic E-state index is 11.9. The normalized spacial score (nSPS) is 13.3. The molecule has 5 nitrogen and oxygen atoms in total. The summed E-state index contributed by atoms with van der Waals surface area (Å²) in [7, 11) is 0. The monoisotopic (exact) mass is 327 g/mol. The number of aromatic carboxylic acids is 1. The molecule has 114 valence electrons. The number of rotatable bonds is 3. The molecule has 0 aliphatic carbocycles. The molecule has 0 spiro atoms. The van der Waals surface area contributed by atoms with Gasteiger partial charge in [-0.25, -0.2) is 4.79 Å². The number of hydrogen-bond acceptors (Lipinski definition) is 3. The van der Waals surface area contributed by atoms with E-state index < -0.39 is 17.8 Å². The molecule has 0 unspecified atom stereocenters. The molecule has 2 aromatic carbocycles. The fourth-order valence-corrected chi connectivity index (χ4v) is 2.59. The molecule has 23 heavy (non-hydrogen) atoms. The molecule has 0 atom stereocenters. The Kier molecular flexibility index (Phi) is 3.72. The Balaban J connectivity index is 1.96. The summed E-state index contributed by atoms with van der Waals surface area (Å²) in [6.07, 6.45) is 3.41. The second-order valence-electron chi connectivity index (χ2n) is 4.93. The zero-order valence-electron chi connectivity index (χ0n) is 11.7. The van der Waals surface area contributed by atoms with E-state index in [9.17, 15) is 14.4 Å². The topological polar surface area (TPSA) is 83.5 Å². The number of nitrogens with one attached hydrogen (secondary N) is 1. The minimum atomic E-state index is -0.994. The van der Waals surface area contributed by atoms with E-state index in [4.69, 9.17) is 16.7 Å². The van der Waals surface area contributed by atoms with Crippen molar-refractivity contribution in [3.63, 3.8) is 0 Å². The summed E-state index contributed by atoms with van der Waals surface area (Å²) in [5, 5.41) is 11.3. The number of carbonyl (C=O) groups is 3. The smallest absolute Gasteiger partial charge is 0.335 e. The predicted octanol–water partition coefficient (Wildman–Crippen LogP) is 3.09. The zero-order chi connectivity index (χ0) is 16.6. The second-order valence-corrected chi connectivity index (χ2v) is 5.34. The average Bonchev–Trinajstić information content (AvgIpc) is 2.83. The number of carboxylic acids is 1. The van der Waals surface area contributed by atoms with Crippen LogP contribution in [0.2, 0.25) is 5.02 Å². The number of imide groups is 1. The van der Waals surface area contributed by atoms with Crippen LogP contribution in [-0.2, 0) is 0 Å². The van der Waals surface area contributed by atoms with Gasteiger partial charge in [0, 0.05) is 0 Å². The molecule has 0 saturated carbocycles. The third-order valence-corrected chi connectivity index (χ3v) is 3.80. The summed E-state index contributed by atoms with van der Waals surface area (Å²) < 4.78 is 0. The van der Waals surface area contributed by atoms with Gasteiger partial charge in [0.05, 0.1) is 21.7 Å². The van der Waals surface area contributed by atoms with Crippen molar-refractivity contribution in [1.82, 2.24) is 5.32 Å². The highest BCUT2D eigenvalue weighted by Crippen LogP contribution is 2.28. The van der Waals surface area contributed by atoms with Gasteiger partial charge in [-0.1, -0.05) is 42.0 Å². The Hall–Kier alpha value is -2.92. The molecule has 6 heteroatoms. The van der Waals surface area contributed by atoms with E-state index in [0.29, 0.717) is 5.56 Å². The number of fused-ring (bicyclic) bond motifs is 1. The Morgan fingerprint density at radius 3 is 2.26 bits per heavy atom. The number of benzene rings is 2. The summed E-state index contributed by atoms with van der Waals surface area (Å²) in [6, 6.07) is 9.50. The molecule has 0 radical (unpaired) electrons. The first kappa shape index (κ1) is 15.0. The number of halogens is 1. The molecule has 2 aromatic rings. The van der Waals surface area contributed by atoms with Crippen LogP contribution in [0.4, 0.5) is 0 Å². The summed E-state index contributed by atoms with van der Waals surface area (Å²) in [6.45, 7) is 0. The molecule has 1 aliphatic heterocycles. The summed E-state index contributed by atoms with van der Waals surface area (Å²) in [5.74, 6) is -1.98. The summed E-state index contributed by atoms with van der Waals surface area (Å²) in [5.41, 5.74) is 1.96. The molecule has 0 fully saturated rings. The van der Waals surface area contributed by atoms with Crippen LogP contribution in [0, 0.1) is 0 Å². The maximum Gasteiger partial charge on any atom is 0.335 e. The minimum Gasteiger partial charge on any atom is -0.478 e. The van der Waals surface area contributed by atoms with E-state index in [1.54, 1.807) is 36.4 Å². The lowest BCUT2D eigenvalue weighted by Gasteiger charge is -2.03. The molecule has 1 aliphatic rings. The van der Waals surface area contributed by atoms with Crippen molar-refractivity contribution in [1.29, 1.82) is 0 Å². The van der Waals surface area contributed by atoms with Gasteiger partial charge in [-0.15, -0.1) is 0 Å². The average molecular weight is 328 g/mol. The minimum absolute atomic E-state index is 0.181. The Morgan fingerprint density at radius 1 is 0.957 bits per heavy atom. The fraction of sp³-hybridized carbons (Fsp3) is 0. The van der Waals surface area contributed by atoms with E-state index in [2.05, 4.69) is 5.32 Å². The van der Waals surface area contributed by atoms with Crippen molar-refractivity contribution in [2.24, 2.45) is 0 Å². The quantitative estimate of drug-likeness (QED) is 0.670. The third-order valence-electron chi connectivity index (χ3n) is 3.48. The van der Waals surface area contributed by atoms with Crippen molar-refractivity contribution >= 4 is 41.5 Å². The van der Waals surface area contributed by atoms with Gasteiger partial charge in [-0.05, 0) is 29.3 Å². The van der Waals surface area contributed by atoms with Crippen LogP contribution in [0.15, 0.2) is 36.4 Å². The number of carboxylic acid groups (broad SMARTS) is 1. The van der Waals surface area contributed by atoms with E-state index in [-0.39, 0.29) is 21.7 Å². The fourth-order valence-electron chi connectivity index (χ4n) is 2.35. The SMILES string of the molecule is O=C(O)c1ccc(C=Cc2ccc(Cl)c3c2C(=O)NC3=O)cc1. The van der Waals surface area contributed by atoms with Crippen LogP contribution < -0.4 is 5.32 Å². The molecular formula is C17H10ClNO4. The molecule has 1 heterocycles. The third kappa shape index (κ3) is 2.74. The summed E-state index contributed by atoms with van der Waals surface area (Å²) in [4.78, 5) is 34.4. The first-order valence-corrected chi connectivity index (χ1v) is 7.05. The molecule has 0 aromatic heterocycles. The first-order valence-electron chi connectivity index (χ1n) is 6.67. The molecular weight excluding hydrogens is 318 g/mol. The van der Waals surface area contributed by atoms with Crippen molar-refractivity contribution in [2.45, 2.75) is 0 Å². The van der Waals surface area contributed by atoms with Gasteiger partial charge >= 0.3 is 5.97 Å². The van der Waals surface area contributed by atoms with Crippen molar-refractivity contribution in [2.75, 3.05) is 0 Å². The van der Waals surface area contributed by atoms with Crippen LogP contribution in [0.25, 0.3) is 12.2 Å². The van der Waals surface area contributed by atoms with Crippen LogP contribution in [0.3, 0.4) is 0 Å². The van der Waals surface area contributed by atoms with Gasteiger partial charge in [-0.3, -0.25) is 14.9 Å². The van der Waals surface area contributed by atoms with Gasteiger partial charge in [0.1, 0.15) is 0 Å². The van der Waals surface area contributed by atoms with Gasteiger partial charge in [0.15, 0.2) is 0 Å². The van der Waals surface area contributed by atoms with E-state index in [1.165, 1.54) is 12.1 Å². The number of carbonyl (C=O) groups excluding carboxylic acids is 2. The van der Waals surface area contributed by atoms with E-state index >= 15 is 0 Å². The first-order chi connectivity index (χ1) is 11.0. The van der Waals surface area contributed by atoms with E-state index in [1.807, 2.05) is 0 Å². The van der Waals surface area contributed by atoms with Gasteiger partial charge in [0.2, 0.25) is 0 Å². The lowest BCUT2D eigenvalue weighted by Crippen LogP contribution is -2.20. The zero-order valence-corrected chi connectivity index (χ0v) is 12.4. The molecule has 0 saturated heterocycles. The number of hydrogen-bond donors (Lipinski definition) is 2. The Bertz CT molecular complexity index is 869. The van der Waals surface area contributed by atoms with Gasteiger partial charge in [0.25, 0.3) is 11.8 Å². The second kappa shape index (κ2) is 5.70. The molecule has 0 bridgehead atoms. The lowest BCUT2D eigenvalue weighted by molar-refractivity contribution is 0.0696. The van der Waals surface area contributed by atoms with Crippen LogP contribution in [0.5, 0.6) is 0 Å². The maximum atomic E-state index is 11.9. The molecule has 2 amide bonds. The van der Waals surface area contributed by atoms with Crippen LogP contribution >= 0.6 is 11.6 Å². The van der Waals surface area contributed by atoms with E-state index in [0.717, 1.165) is 5.56 Å².